The fourth-order valence-electron chi connectivity index (χ4n) is 2.35. The summed E-state index contributed by atoms with van der Waals surface area (Å²) in [6, 6.07) is 14.3. The molecule has 0 saturated carbocycles. The topological polar surface area (TPSA) is 47.3 Å². The molecule has 100 valence electrons. The minimum Gasteiger partial charge on any atom is -0.496 e. The Morgan fingerprint density at radius 1 is 1.11 bits per heavy atom. The van der Waals surface area contributed by atoms with Gasteiger partial charge in [0.15, 0.2) is 0 Å². The maximum Gasteiger partial charge on any atom is 0.121 e. The number of nitrogens with one attached hydrogen (secondary N) is 1. The minimum atomic E-state index is 0.133. The van der Waals surface area contributed by atoms with Crippen molar-refractivity contribution in [1.82, 2.24) is 5.32 Å². The zero-order valence-electron chi connectivity index (χ0n) is 11.6. The fourth-order valence-corrected chi connectivity index (χ4v) is 2.35. The van der Waals surface area contributed by atoms with Crippen LogP contribution in [0.15, 0.2) is 42.5 Å². The van der Waals surface area contributed by atoms with Gasteiger partial charge in [-0.1, -0.05) is 24.3 Å². The Balaban J connectivity index is 2.39. The molecule has 2 rings (SSSR count). The van der Waals surface area contributed by atoms with Crippen LogP contribution in [0.25, 0.3) is 0 Å². The Labute approximate surface area is 114 Å². The zero-order chi connectivity index (χ0) is 13.8. The van der Waals surface area contributed by atoms with Crippen molar-refractivity contribution in [1.29, 1.82) is 0 Å². The van der Waals surface area contributed by atoms with E-state index in [4.69, 9.17) is 10.5 Å². The molecular formula is C16H20N2O. The molecule has 1 atom stereocenters. The van der Waals surface area contributed by atoms with Crippen LogP contribution in [-0.2, 0) is 0 Å². The smallest absolute Gasteiger partial charge is 0.121 e. The molecule has 3 nitrogen and oxygen atoms in total. The number of ether oxygens (including phenoxy) is 1. The van der Waals surface area contributed by atoms with Crippen molar-refractivity contribution < 1.29 is 4.74 Å². The highest BCUT2D eigenvalue weighted by molar-refractivity contribution is 5.46. The van der Waals surface area contributed by atoms with E-state index in [1.807, 2.05) is 31.3 Å². The van der Waals surface area contributed by atoms with Gasteiger partial charge in [-0.2, -0.15) is 0 Å². The summed E-state index contributed by atoms with van der Waals surface area (Å²) in [5.41, 5.74) is 10.1. The van der Waals surface area contributed by atoms with E-state index in [1.165, 1.54) is 5.56 Å². The number of anilines is 1. The van der Waals surface area contributed by atoms with E-state index in [9.17, 15) is 0 Å². The van der Waals surface area contributed by atoms with E-state index in [2.05, 4.69) is 30.4 Å². The van der Waals surface area contributed by atoms with Crippen molar-refractivity contribution in [3.63, 3.8) is 0 Å². The van der Waals surface area contributed by atoms with Gasteiger partial charge in [-0.05, 0) is 48.9 Å². The summed E-state index contributed by atoms with van der Waals surface area (Å²) in [4.78, 5) is 0. The molecule has 19 heavy (non-hydrogen) atoms. The Morgan fingerprint density at radius 3 is 2.42 bits per heavy atom. The normalized spacial score (nSPS) is 12.2. The monoisotopic (exact) mass is 256 g/mol. The maximum atomic E-state index is 5.86. The standard InChI is InChI=1S/C16H20N2O/c1-11-9-13(7-8-15(11)19-3)16(18-2)12-5-4-6-14(17)10-12/h4-10,16,18H,17H2,1-3H3. The van der Waals surface area contributed by atoms with Crippen LogP contribution in [0.1, 0.15) is 22.7 Å². The van der Waals surface area contributed by atoms with Crippen LogP contribution in [0.2, 0.25) is 0 Å². The van der Waals surface area contributed by atoms with Crippen molar-refractivity contribution in [2.75, 3.05) is 19.9 Å². The fraction of sp³-hybridized carbons (Fsp3) is 0.250. The van der Waals surface area contributed by atoms with Gasteiger partial charge in [-0.25, -0.2) is 0 Å². The Kier molecular flexibility index (Phi) is 4.07. The third kappa shape index (κ3) is 2.88. The van der Waals surface area contributed by atoms with Crippen LogP contribution in [0.3, 0.4) is 0 Å². The number of nitrogen functional groups attached to an aromatic ring is 1. The van der Waals surface area contributed by atoms with E-state index in [0.717, 1.165) is 22.6 Å². The predicted octanol–water partition coefficient (Wildman–Crippen LogP) is 2.89. The van der Waals surface area contributed by atoms with Crippen molar-refractivity contribution in [3.05, 3.63) is 59.2 Å². The number of nitrogens with two attached hydrogens (primary N) is 1. The van der Waals surface area contributed by atoms with Crippen molar-refractivity contribution in [2.24, 2.45) is 0 Å². The molecule has 0 aliphatic carbocycles. The molecule has 0 aliphatic rings. The second kappa shape index (κ2) is 5.76. The van der Waals surface area contributed by atoms with Crippen LogP contribution < -0.4 is 15.8 Å². The molecule has 2 aromatic carbocycles. The number of methoxy groups -OCH3 is 1. The summed E-state index contributed by atoms with van der Waals surface area (Å²) in [5.74, 6) is 0.908. The second-order valence-corrected chi connectivity index (χ2v) is 4.62. The molecule has 3 heteroatoms. The lowest BCUT2D eigenvalue weighted by Gasteiger charge is -2.19. The van der Waals surface area contributed by atoms with Crippen molar-refractivity contribution >= 4 is 5.69 Å². The minimum absolute atomic E-state index is 0.133. The number of hydrogen-bond acceptors (Lipinski definition) is 3. The lowest BCUT2D eigenvalue weighted by atomic mass is 9.97. The first kappa shape index (κ1) is 13.4. The molecule has 0 aliphatic heterocycles. The highest BCUT2D eigenvalue weighted by atomic mass is 16.5. The van der Waals surface area contributed by atoms with E-state index < -0.39 is 0 Å². The SMILES string of the molecule is CNC(c1cccc(N)c1)c1ccc(OC)c(C)c1. The summed E-state index contributed by atoms with van der Waals surface area (Å²) < 4.78 is 5.30. The largest absolute Gasteiger partial charge is 0.496 e. The number of aryl methyl sites for hydroxylation is 1. The summed E-state index contributed by atoms with van der Waals surface area (Å²) in [6.07, 6.45) is 0. The number of rotatable bonds is 4. The van der Waals surface area contributed by atoms with Crippen molar-refractivity contribution in [2.45, 2.75) is 13.0 Å². The second-order valence-electron chi connectivity index (χ2n) is 4.62. The Morgan fingerprint density at radius 2 is 1.84 bits per heavy atom. The van der Waals surface area contributed by atoms with Crippen LogP contribution >= 0.6 is 0 Å². The van der Waals surface area contributed by atoms with Gasteiger partial charge in [0.05, 0.1) is 13.2 Å². The molecule has 2 aromatic rings. The first-order valence-electron chi connectivity index (χ1n) is 6.33. The van der Waals surface area contributed by atoms with Gasteiger partial charge in [0.2, 0.25) is 0 Å². The van der Waals surface area contributed by atoms with E-state index in [-0.39, 0.29) is 6.04 Å². The summed E-state index contributed by atoms with van der Waals surface area (Å²) in [5, 5.41) is 3.33. The van der Waals surface area contributed by atoms with Gasteiger partial charge in [-0.15, -0.1) is 0 Å². The average molecular weight is 256 g/mol. The molecule has 0 bridgehead atoms. The van der Waals surface area contributed by atoms with Gasteiger partial charge in [0, 0.05) is 5.69 Å². The third-order valence-corrected chi connectivity index (χ3v) is 3.28. The van der Waals surface area contributed by atoms with E-state index in [0.29, 0.717) is 0 Å². The first-order valence-corrected chi connectivity index (χ1v) is 6.33. The molecular weight excluding hydrogens is 236 g/mol. The highest BCUT2D eigenvalue weighted by Gasteiger charge is 2.13. The predicted molar refractivity (Wildman–Crippen MR) is 79.5 cm³/mol. The van der Waals surface area contributed by atoms with Crippen molar-refractivity contribution in [3.8, 4) is 5.75 Å². The summed E-state index contributed by atoms with van der Waals surface area (Å²) >= 11 is 0. The van der Waals surface area contributed by atoms with Gasteiger partial charge in [0.1, 0.15) is 5.75 Å². The van der Waals surface area contributed by atoms with Crippen LogP contribution in [0.5, 0.6) is 5.75 Å². The first-order chi connectivity index (χ1) is 9.15. The van der Waals surface area contributed by atoms with E-state index >= 15 is 0 Å². The number of hydrogen-bond donors (Lipinski definition) is 2. The molecule has 0 saturated heterocycles. The summed E-state index contributed by atoms with van der Waals surface area (Å²) in [7, 11) is 3.64. The Hall–Kier alpha value is -2.00. The van der Waals surface area contributed by atoms with Gasteiger partial charge in [-0.3, -0.25) is 0 Å². The molecule has 0 fully saturated rings. The lowest BCUT2D eigenvalue weighted by molar-refractivity contribution is 0.411. The summed E-state index contributed by atoms with van der Waals surface area (Å²) in [6.45, 7) is 2.05. The molecule has 0 aromatic heterocycles. The molecule has 0 heterocycles. The van der Waals surface area contributed by atoms with Gasteiger partial charge < -0.3 is 15.8 Å². The average Bonchev–Trinajstić information content (AvgIpc) is 2.40. The van der Waals surface area contributed by atoms with Crippen LogP contribution in [0.4, 0.5) is 5.69 Å². The van der Waals surface area contributed by atoms with Crippen LogP contribution in [-0.4, -0.2) is 14.2 Å². The molecule has 0 spiro atoms. The molecule has 1 unspecified atom stereocenters. The van der Waals surface area contributed by atoms with Gasteiger partial charge in [0.25, 0.3) is 0 Å². The third-order valence-electron chi connectivity index (χ3n) is 3.28. The Bertz CT molecular complexity index is 566. The number of benzene rings is 2. The molecule has 0 radical (unpaired) electrons. The quantitative estimate of drug-likeness (QED) is 0.827. The lowest BCUT2D eigenvalue weighted by Crippen LogP contribution is -2.18. The molecule has 0 amide bonds. The zero-order valence-corrected chi connectivity index (χ0v) is 11.6. The van der Waals surface area contributed by atoms with Gasteiger partial charge >= 0.3 is 0 Å². The molecule has 3 N–H and O–H groups in total. The maximum absolute atomic E-state index is 5.86. The highest BCUT2D eigenvalue weighted by Crippen LogP contribution is 2.27. The van der Waals surface area contributed by atoms with E-state index in [1.54, 1.807) is 7.11 Å². The van der Waals surface area contributed by atoms with Crippen LogP contribution in [0, 0.1) is 6.92 Å².